The fourth-order valence-electron chi connectivity index (χ4n) is 3.37. The Bertz CT molecular complexity index is 819. The van der Waals surface area contributed by atoms with E-state index in [1.807, 2.05) is 6.92 Å². The third-order valence-corrected chi connectivity index (χ3v) is 5.46. The minimum Gasteiger partial charge on any atom is -0.381 e. The number of ether oxygens (including phenoxy) is 1. The number of benzene rings is 1. The molecule has 3 rings (SSSR count). The molecule has 2 aromatic rings. The molecule has 3 nitrogen and oxygen atoms in total. The molecule has 0 bridgehead atoms. The first-order valence-electron chi connectivity index (χ1n) is 7.79. The molecule has 1 aliphatic rings. The molecule has 6 heteroatoms. The predicted molar refractivity (Wildman–Crippen MR) is 93.9 cm³/mol. The van der Waals surface area contributed by atoms with E-state index in [9.17, 15) is 9.18 Å². The van der Waals surface area contributed by atoms with Gasteiger partial charge < -0.3 is 9.30 Å². The normalized spacial score (nSPS) is 13.7. The smallest absolute Gasteiger partial charge is 0.203 e. The van der Waals surface area contributed by atoms with Gasteiger partial charge in [-0.25, -0.2) is 4.39 Å². The van der Waals surface area contributed by atoms with Crippen LogP contribution in [0, 0.1) is 5.82 Å². The maximum atomic E-state index is 14.6. The van der Waals surface area contributed by atoms with Gasteiger partial charge in [0.2, 0.25) is 5.43 Å². The molecule has 0 atom stereocenters. The van der Waals surface area contributed by atoms with Gasteiger partial charge in [0.25, 0.3) is 0 Å². The van der Waals surface area contributed by atoms with E-state index >= 15 is 0 Å². The Kier molecular flexibility index (Phi) is 5.09. The average Bonchev–Trinajstić information content (AvgIpc) is 2.55. The number of halogens is 3. The third-order valence-electron chi connectivity index (χ3n) is 4.39. The van der Waals surface area contributed by atoms with Crippen molar-refractivity contribution >= 4 is 38.4 Å². The van der Waals surface area contributed by atoms with Crippen LogP contribution in [0.5, 0.6) is 0 Å². The third kappa shape index (κ3) is 2.83. The highest BCUT2D eigenvalue weighted by molar-refractivity contribution is 9.10. The lowest BCUT2D eigenvalue weighted by Gasteiger charge is -2.26. The van der Waals surface area contributed by atoms with Crippen molar-refractivity contribution in [2.24, 2.45) is 0 Å². The molecule has 0 fully saturated rings. The second-order valence-corrected chi connectivity index (χ2v) is 6.70. The van der Waals surface area contributed by atoms with Gasteiger partial charge in [-0.3, -0.25) is 4.79 Å². The SMILES string of the molecule is CCOCCc1c(F)cc2c(=O)c(Br)c(CCl)n3c2c1CCC3. The summed E-state index contributed by atoms with van der Waals surface area (Å²) in [6.45, 7) is 3.80. The summed E-state index contributed by atoms with van der Waals surface area (Å²) in [4.78, 5) is 12.6. The van der Waals surface area contributed by atoms with Crippen LogP contribution < -0.4 is 5.43 Å². The van der Waals surface area contributed by atoms with E-state index in [1.54, 1.807) is 0 Å². The molecule has 0 spiro atoms. The first-order valence-corrected chi connectivity index (χ1v) is 9.11. The van der Waals surface area contributed by atoms with Crippen molar-refractivity contribution < 1.29 is 9.13 Å². The first-order chi connectivity index (χ1) is 11.1. The van der Waals surface area contributed by atoms with Crippen molar-refractivity contribution in [2.45, 2.75) is 38.6 Å². The highest BCUT2D eigenvalue weighted by Crippen LogP contribution is 2.32. The molecule has 0 radical (unpaired) electrons. The summed E-state index contributed by atoms with van der Waals surface area (Å²) in [6, 6.07) is 1.37. The molecule has 0 unspecified atom stereocenters. The Hall–Kier alpha value is -0.910. The van der Waals surface area contributed by atoms with Crippen LogP contribution in [0.2, 0.25) is 0 Å². The zero-order valence-electron chi connectivity index (χ0n) is 12.9. The summed E-state index contributed by atoms with van der Waals surface area (Å²) in [7, 11) is 0. The van der Waals surface area contributed by atoms with Gasteiger partial charge in [-0.15, -0.1) is 11.6 Å². The van der Waals surface area contributed by atoms with E-state index in [2.05, 4.69) is 20.5 Å². The standard InChI is InChI=1S/C17H18BrClFNO2/c1-2-23-7-5-10-11-4-3-6-21-14(9-19)15(18)17(22)12(16(11)21)8-13(10)20/h8H,2-7,9H2,1H3. The number of nitrogens with zero attached hydrogens (tertiary/aromatic N) is 1. The molecule has 0 amide bonds. The van der Waals surface area contributed by atoms with Crippen LogP contribution in [-0.2, 0) is 30.0 Å². The molecule has 0 aliphatic carbocycles. The van der Waals surface area contributed by atoms with Crippen molar-refractivity contribution in [3.63, 3.8) is 0 Å². The number of pyridine rings is 1. The van der Waals surface area contributed by atoms with Gasteiger partial charge in [0.1, 0.15) is 5.82 Å². The first kappa shape index (κ1) is 16.9. The second kappa shape index (κ2) is 6.91. The summed E-state index contributed by atoms with van der Waals surface area (Å²) in [5, 5.41) is 0.429. The summed E-state index contributed by atoms with van der Waals surface area (Å²) in [5.74, 6) is -0.0695. The average molecular weight is 403 g/mol. The van der Waals surface area contributed by atoms with Crippen LogP contribution in [0.4, 0.5) is 4.39 Å². The highest BCUT2D eigenvalue weighted by Gasteiger charge is 2.24. The van der Waals surface area contributed by atoms with Crippen LogP contribution >= 0.6 is 27.5 Å². The van der Waals surface area contributed by atoms with Gasteiger partial charge in [0.15, 0.2) is 0 Å². The fraction of sp³-hybridized carbons (Fsp3) is 0.471. The van der Waals surface area contributed by atoms with E-state index in [1.165, 1.54) is 6.07 Å². The number of aromatic nitrogens is 1. The van der Waals surface area contributed by atoms with Crippen molar-refractivity contribution in [1.82, 2.24) is 4.57 Å². The van der Waals surface area contributed by atoms with Gasteiger partial charge in [-0.1, -0.05) is 0 Å². The maximum absolute atomic E-state index is 14.6. The van der Waals surface area contributed by atoms with Crippen molar-refractivity contribution in [3.05, 3.63) is 43.4 Å². The Labute approximate surface area is 147 Å². The van der Waals surface area contributed by atoms with E-state index in [0.717, 1.165) is 36.2 Å². The minimum absolute atomic E-state index is 0.190. The van der Waals surface area contributed by atoms with Gasteiger partial charge >= 0.3 is 0 Å². The second-order valence-electron chi connectivity index (χ2n) is 5.64. The molecule has 2 heterocycles. The van der Waals surface area contributed by atoms with E-state index in [0.29, 0.717) is 35.1 Å². The molecule has 1 aromatic carbocycles. The summed E-state index contributed by atoms with van der Waals surface area (Å²) >= 11 is 9.39. The zero-order chi connectivity index (χ0) is 16.6. The van der Waals surface area contributed by atoms with Crippen LogP contribution in [0.3, 0.4) is 0 Å². The number of rotatable bonds is 5. The van der Waals surface area contributed by atoms with Gasteiger partial charge in [-0.05, 0) is 59.3 Å². The van der Waals surface area contributed by atoms with E-state index < -0.39 is 0 Å². The molecule has 1 aliphatic heterocycles. The predicted octanol–water partition coefficient (Wildman–Crippen LogP) is 4.17. The lowest BCUT2D eigenvalue weighted by atomic mass is 9.93. The summed E-state index contributed by atoms with van der Waals surface area (Å²) < 4.78 is 22.5. The van der Waals surface area contributed by atoms with Crippen molar-refractivity contribution in [2.75, 3.05) is 13.2 Å². The number of alkyl halides is 1. The van der Waals surface area contributed by atoms with Gasteiger partial charge in [0, 0.05) is 13.2 Å². The largest absolute Gasteiger partial charge is 0.381 e. The molecule has 0 N–H and O–H groups in total. The molecular weight excluding hydrogens is 385 g/mol. The number of hydrogen-bond donors (Lipinski definition) is 0. The fourth-order valence-corrected chi connectivity index (χ4v) is 4.37. The monoisotopic (exact) mass is 401 g/mol. The van der Waals surface area contributed by atoms with Crippen LogP contribution in [0.15, 0.2) is 15.3 Å². The van der Waals surface area contributed by atoms with Gasteiger partial charge in [-0.2, -0.15) is 0 Å². The number of aryl methyl sites for hydroxylation is 2. The van der Waals surface area contributed by atoms with Crippen LogP contribution in [0.25, 0.3) is 10.9 Å². The Morgan fingerprint density at radius 3 is 2.96 bits per heavy atom. The van der Waals surface area contributed by atoms with Crippen molar-refractivity contribution in [3.8, 4) is 0 Å². The lowest BCUT2D eigenvalue weighted by molar-refractivity contribution is 0.150. The molecule has 23 heavy (non-hydrogen) atoms. The highest BCUT2D eigenvalue weighted by atomic mass is 79.9. The topological polar surface area (TPSA) is 31.2 Å². The minimum atomic E-state index is -0.316. The van der Waals surface area contributed by atoms with Crippen LogP contribution in [-0.4, -0.2) is 17.8 Å². The Balaban J connectivity index is 2.30. The van der Waals surface area contributed by atoms with Crippen LogP contribution in [0.1, 0.15) is 30.2 Å². The summed E-state index contributed by atoms with van der Waals surface area (Å²) in [6.07, 6.45) is 2.20. The quantitative estimate of drug-likeness (QED) is 0.555. The van der Waals surface area contributed by atoms with Gasteiger partial charge in [0.05, 0.1) is 33.6 Å². The summed E-state index contributed by atoms with van der Waals surface area (Å²) in [5.41, 5.74) is 3.02. The zero-order valence-corrected chi connectivity index (χ0v) is 15.3. The number of hydrogen-bond acceptors (Lipinski definition) is 2. The molecular formula is C17H18BrClFNO2. The van der Waals surface area contributed by atoms with E-state index in [4.69, 9.17) is 16.3 Å². The Morgan fingerprint density at radius 2 is 2.26 bits per heavy atom. The molecule has 124 valence electrons. The molecule has 0 saturated heterocycles. The maximum Gasteiger partial charge on any atom is 0.203 e. The Morgan fingerprint density at radius 1 is 1.48 bits per heavy atom. The van der Waals surface area contributed by atoms with E-state index in [-0.39, 0.29) is 17.1 Å². The van der Waals surface area contributed by atoms with Crippen molar-refractivity contribution in [1.29, 1.82) is 0 Å². The molecule has 1 aromatic heterocycles. The lowest BCUT2D eigenvalue weighted by Crippen LogP contribution is -2.22. The molecule has 0 saturated carbocycles.